The molecule has 4 nitrogen and oxygen atoms in total. The van der Waals surface area contributed by atoms with E-state index in [0.717, 1.165) is 12.0 Å². The fourth-order valence-corrected chi connectivity index (χ4v) is 2.21. The van der Waals surface area contributed by atoms with Crippen LogP contribution < -0.4 is 10.6 Å². The van der Waals surface area contributed by atoms with Gasteiger partial charge in [-0.15, -0.1) is 0 Å². The van der Waals surface area contributed by atoms with Gasteiger partial charge in [-0.2, -0.15) is 0 Å². The van der Waals surface area contributed by atoms with Gasteiger partial charge in [0.15, 0.2) is 0 Å². The van der Waals surface area contributed by atoms with Gasteiger partial charge in [0, 0.05) is 12.6 Å². The van der Waals surface area contributed by atoms with E-state index in [1.807, 2.05) is 0 Å². The lowest BCUT2D eigenvalue weighted by atomic mass is 10.1. The molecule has 1 aromatic heterocycles. The van der Waals surface area contributed by atoms with Crippen molar-refractivity contribution < 1.29 is 8.78 Å². The van der Waals surface area contributed by atoms with E-state index in [4.69, 9.17) is 0 Å². The maximum atomic E-state index is 13.6. The van der Waals surface area contributed by atoms with E-state index >= 15 is 0 Å². The third-order valence-electron chi connectivity index (χ3n) is 3.44. The molecule has 2 aromatic carbocycles. The van der Waals surface area contributed by atoms with Gasteiger partial charge in [0.2, 0.25) is 0 Å². The average molecular weight is 326 g/mol. The van der Waals surface area contributed by atoms with Gasteiger partial charge in [0.1, 0.15) is 29.6 Å². The molecular weight excluding hydrogens is 310 g/mol. The highest BCUT2D eigenvalue weighted by Crippen LogP contribution is 2.19. The quantitative estimate of drug-likeness (QED) is 0.714. The van der Waals surface area contributed by atoms with Gasteiger partial charge in [0.25, 0.3) is 0 Å². The second-order valence-corrected chi connectivity index (χ2v) is 5.20. The van der Waals surface area contributed by atoms with Crippen molar-refractivity contribution in [2.45, 2.75) is 6.42 Å². The number of benzene rings is 2. The van der Waals surface area contributed by atoms with Crippen molar-refractivity contribution in [2.75, 3.05) is 17.2 Å². The number of hydrogen-bond acceptors (Lipinski definition) is 4. The summed E-state index contributed by atoms with van der Waals surface area (Å²) in [6, 6.07) is 14.5. The lowest BCUT2D eigenvalue weighted by Gasteiger charge is -2.09. The molecule has 2 N–H and O–H groups in total. The van der Waals surface area contributed by atoms with Gasteiger partial charge in [-0.1, -0.05) is 24.3 Å². The number of rotatable bonds is 6. The molecule has 24 heavy (non-hydrogen) atoms. The standard InChI is InChI=1S/C18H16F2N4/c19-14-7-5-13(6-8-14)9-10-21-17-11-18(23-12-22-17)24-16-4-2-1-3-15(16)20/h1-8,11-12H,9-10H2,(H2,21,22,23,24). The van der Waals surface area contributed by atoms with Crippen molar-refractivity contribution in [1.29, 1.82) is 0 Å². The Kier molecular flexibility index (Phi) is 4.96. The van der Waals surface area contributed by atoms with Gasteiger partial charge in [-0.05, 0) is 36.2 Å². The van der Waals surface area contributed by atoms with Crippen LogP contribution in [0.5, 0.6) is 0 Å². The Morgan fingerprint density at radius 1 is 0.875 bits per heavy atom. The van der Waals surface area contributed by atoms with E-state index in [-0.39, 0.29) is 11.6 Å². The summed E-state index contributed by atoms with van der Waals surface area (Å²) in [4.78, 5) is 8.21. The molecule has 0 saturated carbocycles. The van der Waals surface area contributed by atoms with Gasteiger partial charge >= 0.3 is 0 Å². The summed E-state index contributed by atoms with van der Waals surface area (Å²) in [5, 5.41) is 6.09. The molecule has 0 aliphatic carbocycles. The van der Waals surface area contributed by atoms with Gasteiger partial charge in [-0.25, -0.2) is 18.7 Å². The lowest BCUT2D eigenvalue weighted by molar-refractivity contribution is 0.627. The predicted octanol–water partition coefficient (Wildman–Crippen LogP) is 4.15. The fraction of sp³-hybridized carbons (Fsp3) is 0.111. The molecule has 0 atom stereocenters. The second-order valence-electron chi connectivity index (χ2n) is 5.20. The van der Waals surface area contributed by atoms with Crippen molar-refractivity contribution in [3.05, 3.63) is 78.1 Å². The smallest absolute Gasteiger partial charge is 0.146 e. The lowest BCUT2D eigenvalue weighted by Crippen LogP contribution is -2.07. The number of hydrogen-bond donors (Lipinski definition) is 2. The minimum absolute atomic E-state index is 0.244. The molecule has 0 bridgehead atoms. The number of nitrogens with one attached hydrogen (secondary N) is 2. The molecule has 3 rings (SSSR count). The number of para-hydroxylation sites is 1. The average Bonchev–Trinajstić information content (AvgIpc) is 2.59. The summed E-state index contributed by atoms with van der Waals surface area (Å²) in [5.74, 6) is 0.540. The minimum Gasteiger partial charge on any atom is -0.370 e. The third kappa shape index (κ3) is 4.25. The molecular formula is C18H16F2N4. The number of anilines is 3. The van der Waals surface area contributed by atoms with Crippen molar-refractivity contribution in [1.82, 2.24) is 9.97 Å². The molecule has 1 heterocycles. The van der Waals surface area contributed by atoms with Crippen LogP contribution in [0.2, 0.25) is 0 Å². The maximum Gasteiger partial charge on any atom is 0.146 e. The highest BCUT2D eigenvalue weighted by atomic mass is 19.1. The Bertz CT molecular complexity index is 806. The Morgan fingerprint density at radius 2 is 1.62 bits per heavy atom. The topological polar surface area (TPSA) is 49.8 Å². The summed E-state index contributed by atoms with van der Waals surface area (Å²) in [7, 11) is 0. The van der Waals surface area contributed by atoms with Crippen molar-refractivity contribution in [3.8, 4) is 0 Å². The zero-order valence-electron chi connectivity index (χ0n) is 12.8. The van der Waals surface area contributed by atoms with Crippen LogP contribution in [0.1, 0.15) is 5.56 Å². The Hall–Kier alpha value is -3.02. The van der Waals surface area contributed by atoms with Crippen molar-refractivity contribution in [2.24, 2.45) is 0 Å². The first-order chi connectivity index (χ1) is 11.7. The van der Waals surface area contributed by atoms with E-state index < -0.39 is 0 Å². The zero-order valence-corrected chi connectivity index (χ0v) is 12.8. The third-order valence-corrected chi connectivity index (χ3v) is 3.44. The van der Waals surface area contributed by atoms with E-state index in [1.165, 1.54) is 24.5 Å². The summed E-state index contributed by atoms with van der Waals surface area (Å²) >= 11 is 0. The first-order valence-corrected chi connectivity index (χ1v) is 7.52. The first kappa shape index (κ1) is 15.9. The second kappa shape index (κ2) is 7.50. The fourth-order valence-electron chi connectivity index (χ4n) is 2.21. The molecule has 3 aromatic rings. The van der Waals surface area contributed by atoms with Crippen LogP contribution in [-0.4, -0.2) is 16.5 Å². The van der Waals surface area contributed by atoms with E-state index in [0.29, 0.717) is 23.9 Å². The van der Waals surface area contributed by atoms with Gasteiger partial charge in [-0.3, -0.25) is 0 Å². The van der Waals surface area contributed by atoms with Gasteiger partial charge < -0.3 is 10.6 Å². The molecule has 0 radical (unpaired) electrons. The normalized spacial score (nSPS) is 10.4. The molecule has 0 fully saturated rings. The van der Waals surface area contributed by atoms with Crippen LogP contribution in [0.25, 0.3) is 0 Å². The highest BCUT2D eigenvalue weighted by molar-refractivity contribution is 5.59. The van der Waals surface area contributed by atoms with Crippen LogP contribution in [0, 0.1) is 11.6 Å². The SMILES string of the molecule is Fc1ccc(CCNc2cc(Nc3ccccc3F)ncn2)cc1. The molecule has 0 saturated heterocycles. The van der Waals surface area contributed by atoms with E-state index in [1.54, 1.807) is 36.4 Å². The van der Waals surface area contributed by atoms with Crippen LogP contribution in [0.15, 0.2) is 60.9 Å². The van der Waals surface area contributed by atoms with Crippen LogP contribution in [0.3, 0.4) is 0 Å². The van der Waals surface area contributed by atoms with E-state index in [2.05, 4.69) is 20.6 Å². The molecule has 0 spiro atoms. The Balaban J connectivity index is 1.59. The number of halogens is 2. The minimum atomic E-state index is -0.345. The Labute approximate surface area is 138 Å². The molecule has 0 unspecified atom stereocenters. The zero-order chi connectivity index (χ0) is 16.8. The highest BCUT2D eigenvalue weighted by Gasteiger charge is 2.03. The van der Waals surface area contributed by atoms with Crippen LogP contribution in [0.4, 0.5) is 26.1 Å². The maximum absolute atomic E-state index is 13.6. The van der Waals surface area contributed by atoms with Crippen LogP contribution in [-0.2, 0) is 6.42 Å². The summed E-state index contributed by atoms with van der Waals surface area (Å²) in [5.41, 5.74) is 1.39. The molecule has 0 aliphatic rings. The first-order valence-electron chi connectivity index (χ1n) is 7.52. The summed E-state index contributed by atoms with van der Waals surface area (Å²) < 4.78 is 26.5. The molecule has 122 valence electrons. The van der Waals surface area contributed by atoms with Crippen LogP contribution >= 0.6 is 0 Å². The number of aromatic nitrogens is 2. The monoisotopic (exact) mass is 326 g/mol. The molecule has 6 heteroatoms. The van der Waals surface area contributed by atoms with Crippen molar-refractivity contribution >= 4 is 17.3 Å². The van der Waals surface area contributed by atoms with Gasteiger partial charge in [0.05, 0.1) is 5.69 Å². The summed E-state index contributed by atoms with van der Waals surface area (Å²) in [6.45, 7) is 0.641. The molecule has 0 amide bonds. The predicted molar refractivity (Wildman–Crippen MR) is 90.3 cm³/mol. The number of nitrogens with zero attached hydrogens (tertiary/aromatic N) is 2. The summed E-state index contributed by atoms with van der Waals surface area (Å²) in [6.07, 6.45) is 2.14. The van der Waals surface area contributed by atoms with Crippen molar-refractivity contribution in [3.63, 3.8) is 0 Å². The molecule has 0 aliphatic heterocycles. The Morgan fingerprint density at radius 3 is 2.42 bits per heavy atom. The van der Waals surface area contributed by atoms with E-state index in [9.17, 15) is 8.78 Å². The largest absolute Gasteiger partial charge is 0.370 e.